The summed E-state index contributed by atoms with van der Waals surface area (Å²) in [6.45, 7) is 0. The summed E-state index contributed by atoms with van der Waals surface area (Å²) in [6, 6.07) is 13.9. The maximum atomic E-state index is 12.6. The number of amides is 1. The van der Waals surface area contributed by atoms with Crippen LogP contribution in [0.15, 0.2) is 59.7 Å². The molecule has 1 N–H and O–H groups in total. The highest BCUT2D eigenvalue weighted by Crippen LogP contribution is 2.34. The molecule has 2 aromatic rings. The van der Waals surface area contributed by atoms with Gasteiger partial charge in [-0.05, 0) is 24.3 Å². The summed E-state index contributed by atoms with van der Waals surface area (Å²) < 4.78 is 0. The van der Waals surface area contributed by atoms with Crippen molar-refractivity contribution in [3.8, 4) is 0 Å². The van der Waals surface area contributed by atoms with Crippen molar-refractivity contribution < 1.29 is 14.8 Å². The molecule has 0 aliphatic carbocycles. The normalized spacial score (nSPS) is 19.8. The highest BCUT2D eigenvalue weighted by atomic mass is 16.6. The zero-order chi connectivity index (χ0) is 16.4. The fraction of sp³-hybridized carbons (Fsp3) is 0.125. The number of carbonyl (C=O) groups excluding carboxylic acids is 1. The fourth-order valence-corrected chi connectivity index (χ4v) is 2.45. The first-order chi connectivity index (χ1) is 11.0. The van der Waals surface area contributed by atoms with Crippen LogP contribution in [0.5, 0.6) is 0 Å². The standard InChI is InChI=1S/C16H13N3O4/c20-15(12-4-2-1-3-5-12)18-16(21,10-11-17-18)13-6-8-14(9-7-13)19(22)23/h1-9,11,21H,10H2. The lowest BCUT2D eigenvalue weighted by molar-refractivity contribution is -0.384. The Morgan fingerprint density at radius 1 is 1.17 bits per heavy atom. The second-order valence-electron chi connectivity index (χ2n) is 5.11. The summed E-state index contributed by atoms with van der Waals surface area (Å²) in [7, 11) is 0. The lowest BCUT2D eigenvalue weighted by Gasteiger charge is -2.31. The van der Waals surface area contributed by atoms with E-state index in [1.165, 1.54) is 30.5 Å². The average molecular weight is 311 g/mol. The van der Waals surface area contributed by atoms with E-state index in [1.54, 1.807) is 30.3 Å². The number of non-ortho nitro benzene ring substituents is 1. The summed E-state index contributed by atoms with van der Waals surface area (Å²) in [5.41, 5.74) is -0.976. The topological polar surface area (TPSA) is 96.0 Å². The molecule has 1 unspecified atom stereocenters. The number of nitrogens with zero attached hydrogens (tertiary/aromatic N) is 3. The van der Waals surface area contributed by atoms with Crippen LogP contribution in [0.25, 0.3) is 0 Å². The van der Waals surface area contributed by atoms with Gasteiger partial charge in [0.15, 0.2) is 5.72 Å². The molecular weight excluding hydrogens is 298 g/mol. The second kappa shape index (κ2) is 5.62. The van der Waals surface area contributed by atoms with Crippen molar-refractivity contribution in [1.82, 2.24) is 5.01 Å². The molecule has 7 nitrogen and oxygen atoms in total. The maximum Gasteiger partial charge on any atom is 0.276 e. The molecule has 1 aliphatic heterocycles. The third-order valence-corrected chi connectivity index (χ3v) is 3.68. The van der Waals surface area contributed by atoms with E-state index in [9.17, 15) is 20.0 Å². The first kappa shape index (κ1) is 14.9. The third-order valence-electron chi connectivity index (χ3n) is 3.68. The minimum atomic E-state index is -1.65. The average Bonchev–Trinajstić information content (AvgIpc) is 2.98. The van der Waals surface area contributed by atoms with Crippen LogP contribution in [0.3, 0.4) is 0 Å². The van der Waals surface area contributed by atoms with Gasteiger partial charge in [0, 0.05) is 35.9 Å². The summed E-state index contributed by atoms with van der Waals surface area (Å²) in [5.74, 6) is -0.444. The van der Waals surface area contributed by atoms with E-state index in [2.05, 4.69) is 5.10 Å². The Hall–Kier alpha value is -3.06. The number of hydrogen-bond donors (Lipinski definition) is 1. The van der Waals surface area contributed by atoms with Crippen LogP contribution in [0.4, 0.5) is 5.69 Å². The number of benzene rings is 2. The van der Waals surface area contributed by atoms with Gasteiger partial charge in [0.05, 0.1) is 4.92 Å². The number of hydrogen-bond acceptors (Lipinski definition) is 5. The van der Waals surface area contributed by atoms with Crippen molar-refractivity contribution in [2.75, 3.05) is 0 Å². The third kappa shape index (κ3) is 2.58. The van der Waals surface area contributed by atoms with E-state index in [4.69, 9.17) is 0 Å². The predicted molar refractivity (Wildman–Crippen MR) is 82.7 cm³/mol. The van der Waals surface area contributed by atoms with Gasteiger partial charge >= 0.3 is 0 Å². The molecule has 0 fully saturated rings. The molecule has 0 spiro atoms. The van der Waals surface area contributed by atoms with Gasteiger partial charge in [-0.15, -0.1) is 0 Å². The van der Waals surface area contributed by atoms with Crippen LogP contribution in [0, 0.1) is 10.1 Å². The van der Waals surface area contributed by atoms with Gasteiger partial charge in [-0.25, -0.2) is 0 Å². The molecule has 23 heavy (non-hydrogen) atoms. The molecule has 1 heterocycles. The van der Waals surface area contributed by atoms with Crippen LogP contribution in [0.2, 0.25) is 0 Å². The molecule has 0 radical (unpaired) electrons. The fourth-order valence-electron chi connectivity index (χ4n) is 2.45. The van der Waals surface area contributed by atoms with Crippen molar-refractivity contribution in [2.24, 2.45) is 5.10 Å². The Morgan fingerprint density at radius 3 is 2.43 bits per heavy atom. The van der Waals surface area contributed by atoms with Crippen molar-refractivity contribution >= 4 is 17.8 Å². The van der Waals surface area contributed by atoms with Crippen molar-refractivity contribution in [3.63, 3.8) is 0 Å². The van der Waals surface area contributed by atoms with Gasteiger partial charge < -0.3 is 5.11 Å². The van der Waals surface area contributed by atoms with E-state index in [0.717, 1.165) is 5.01 Å². The van der Waals surface area contributed by atoms with E-state index in [1.807, 2.05) is 0 Å². The zero-order valence-electron chi connectivity index (χ0n) is 12.0. The number of hydrazone groups is 1. The van der Waals surface area contributed by atoms with Gasteiger partial charge in [0.2, 0.25) is 0 Å². The summed E-state index contributed by atoms with van der Waals surface area (Å²) >= 11 is 0. The molecule has 3 rings (SSSR count). The first-order valence-electron chi connectivity index (χ1n) is 6.92. The Kier molecular flexibility index (Phi) is 3.63. The van der Waals surface area contributed by atoms with Crippen LogP contribution >= 0.6 is 0 Å². The second-order valence-corrected chi connectivity index (χ2v) is 5.11. The molecule has 116 valence electrons. The predicted octanol–water partition coefficient (Wildman–Crippen LogP) is 2.27. The molecule has 1 atom stereocenters. The summed E-state index contributed by atoms with van der Waals surface area (Å²) in [5, 5.41) is 26.6. The largest absolute Gasteiger partial charge is 0.365 e. The number of carbonyl (C=O) groups is 1. The number of aliphatic hydroxyl groups is 1. The van der Waals surface area contributed by atoms with Gasteiger partial charge in [0.25, 0.3) is 11.6 Å². The summed E-state index contributed by atoms with van der Waals surface area (Å²) in [6.07, 6.45) is 1.56. The van der Waals surface area contributed by atoms with Gasteiger partial charge in [-0.2, -0.15) is 10.1 Å². The van der Waals surface area contributed by atoms with E-state index < -0.39 is 16.6 Å². The SMILES string of the molecule is O=C(c1ccccc1)N1N=CCC1(O)c1ccc([N+](=O)[O-])cc1. The van der Waals surface area contributed by atoms with Gasteiger partial charge in [-0.1, -0.05) is 18.2 Å². The molecule has 0 saturated heterocycles. The van der Waals surface area contributed by atoms with Crippen LogP contribution in [-0.2, 0) is 5.72 Å². The monoisotopic (exact) mass is 311 g/mol. The minimum Gasteiger partial charge on any atom is -0.365 e. The lowest BCUT2D eigenvalue weighted by atomic mass is 9.99. The Morgan fingerprint density at radius 2 is 1.83 bits per heavy atom. The van der Waals surface area contributed by atoms with Crippen LogP contribution in [0.1, 0.15) is 22.3 Å². The number of rotatable bonds is 3. The Bertz CT molecular complexity index is 774. The Balaban J connectivity index is 1.94. The molecular formula is C16H13N3O4. The van der Waals surface area contributed by atoms with E-state index in [0.29, 0.717) is 11.1 Å². The van der Waals surface area contributed by atoms with Crippen LogP contribution < -0.4 is 0 Å². The lowest BCUT2D eigenvalue weighted by Crippen LogP contribution is -2.43. The first-order valence-corrected chi connectivity index (χ1v) is 6.92. The zero-order valence-corrected chi connectivity index (χ0v) is 12.0. The maximum absolute atomic E-state index is 12.6. The van der Waals surface area contributed by atoms with E-state index in [-0.39, 0.29) is 12.1 Å². The molecule has 2 aromatic carbocycles. The summed E-state index contributed by atoms with van der Waals surface area (Å²) in [4.78, 5) is 22.8. The molecule has 0 saturated carbocycles. The highest BCUT2D eigenvalue weighted by molar-refractivity contribution is 5.95. The van der Waals surface area contributed by atoms with Gasteiger partial charge in [0.1, 0.15) is 0 Å². The quantitative estimate of drug-likeness (QED) is 0.694. The minimum absolute atomic E-state index is 0.0859. The van der Waals surface area contributed by atoms with E-state index >= 15 is 0 Å². The Labute approximate surface area is 131 Å². The molecule has 0 aromatic heterocycles. The number of nitro groups is 1. The van der Waals surface area contributed by atoms with Crippen molar-refractivity contribution in [3.05, 3.63) is 75.8 Å². The highest BCUT2D eigenvalue weighted by Gasteiger charge is 2.43. The molecule has 1 aliphatic rings. The smallest absolute Gasteiger partial charge is 0.276 e. The molecule has 0 bridgehead atoms. The molecule has 7 heteroatoms. The van der Waals surface area contributed by atoms with Crippen molar-refractivity contribution in [1.29, 1.82) is 0 Å². The van der Waals surface area contributed by atoms with Gasteiger partial charge in [-0.3, -0.25) is 14.9 Å². The van der Waals surface area contributed by atoms with Crippen LogP contribution in [-0.4, -0.2) is 27.2 Å². The number of nitro benzene ring substituents is 1. The van der Waals surface area contributed by atoms with Crippen molar-refractivity contribution in [2.45, 2.75) is 12.1 Å². The molecule has 1 amide bonds.